The molecule has 3 heteroatoms. The molecule has 0 amide bonds. The Morgan fingerprint density at radius 1 is 1.44 bits per heavy atom. The van der Waals surface area contributed by atoms with Gasteiger partial charge in [0.05, 0.1) is 5.60 Å². The fourth-order valence-corrected chi connectivity index (χ4v) is 2.44. The third-order valence-corrected chi connectivity index (χ3v) is 4.35. The normalized spacial score (nSPS) is 29.2. The molecular formula is C15H32N2O. The van der Waals surface area contributed by atoms with E-state index in [1.54, 1.807) is 0 Å². The number of hydrogen-bond donors (Lipinski definition) is 1. The highest BCUT2D eigenvalue weighted by atomic mass is 16.5. The molecular weight excluding hydrogens is 224 g/mol. The van der Waals surface area contributed by atoms with Crippen LogP contribution in [-0.4, -0.2) is 49.3 Å². The minimum Gasteiger partial charge on any atom is -0.375 e. The van der Waals surface area contributed by atoms with Gasteiger partial charge in [0.15, 0.2) is 0 Å². The summed E-state index contributed by atoms with van der Waals surface area (Å²) in [6.45, 7) is 12.2. The molecule has 1 rings (SSSR count). The van der Waals surface area contributed by atoms with Gasteiger partial charge < -0.3 is 15.0 Å². The standard InChI is InChI=1S/C15H32N2O/c1-6-15(4)12-14(8-11-18-15)16-9-7-10-17(5)13(2)3/h13-14,16H,6-12H2,1-5H3. The molecule has 0 spiro atoms. The molecule has 2 atom stereocenters. The van der Waals surface area contributed by atoms with Crippen LogP contribution in [0.25, 0.3) is 0 Å². The lowest BCUT2D eigenvalue weighted by Gasteiger charge is -2.38. The van der Waals surface area contributed by atoms with Gasteiger partial charge in [0.25, 0.3) is 0 Å². The second-order valence-electron chi connectivity index (χ2n) is 6.22. The summed E-state index contributed by atoms with van der Waals surface area (Å²) in [5, 5.41) is 3.70. The number of ether oxygens (including phenoxy) is 1. The average Bonchev–Trinajstić information content (AvgIpc) is 2.34. The van der Waals surface area contributed by atoms with Crippen molar-refractivity contribution in [2.24, 2.45) is 0 Å². The zero-order valence-electron chi connectivity index (χ0n) is 13.0. The summed E-state index contributed by atoms with van der Waals surface area (Å²) in [5.41, 5.74) is 0.102. The second kappa shape index (κ2) is 7.46. The van der Waals surface area contributed by atoms with Crippen LogP contribution in [0, 0.1) is 0 Å². The molecule has 0 aromatic carbocycles. The van der Waals surface area contributed by atoms with E-state index in [1.807, 2.05) is 0 Å². The minimum absolute atomic E-state index is 0.102. The Morgan fingerprint density at radius 3 is 2.78 bits per heavy atom. The zero-order chi connectivity index (χ0) is 13.6. The van der Waals surface area contributed by atoms with Crippen LogP contribution in [0.4, 0.5) is 0 Å². The van der Waals surface area contributed by atoms with Crippen molar-refractivity contribution in [3.05, 3.63) is 0 Å². The summed E-state index contributed by atoms with van der Waals surface area (Å²) >= 11 is 0. The molecule has 18 heavy (non-hydrogen) atoms. The molecule has 0 radical (unpaired) electrons. The monoisotopic (exact) mass is 256 g/mol. The Kier molecular flexibility index (Phi) is 6.61. The first-order chi connectivity index (χ1) is 8.47. The first-order valence-corrected chi connectivity index (χ1v) is 7.54. The van der Waals surface area contributed by atoms with Crippen LogP contribution in [0.3, 0.4) is 0 Å². The van der Waals surface area contributed by atoms with Crippen LogP contribution >= 0.6 is 0 Å². The summed E-state index contributed by atoms with van der Waals surface area (Å²) < 4.78 is 5.87. The molecule has 0 aromatic heterocycles. The Hall–Kier alpha value is -0.120. The summed E-state index contributed by atoms with van der Waals surface area (Å²) in [6.07, 6.45) is 4.66. The molecule has 1 saturated heterocycles. The molecule has 0 aliphatic carbocycles. The first kappa shape index (κ1) is 15.9. The fraction of sp³-hybridized carbons (Fsp3) is 1.00. The molecule has 1 aliphatic heterocycles. The zero-order valence-corrected chi connectivity index (χ0v) is 13.0. The van der Waals surface area contributed by atoms with E-state index in [9.17, 15) is 0 Å². The number of nitrogens with zero attached hydrogens (tertiary/aromatic N) is 1. The first-order valence-electron chi connectivity index (χ1n) is 7.54. The lowest BCUT2D eigenvalue weighted by Crippen LogP contribution is -2.45. The molecule has 3 nitrogen and oxygen atoms in total. The van der Waals surface area contributed by atoms with E-state index in [-0.39, 0.29) is 5.60 Å². The van der Waals surface area contributed by atoms with Crippen molar-refractivity contribution >= 4 is 0 Å². The highest BCUT2D eigenvalue weighted by Crippen LogP contribution is 2.27. The van der Waals surface area contributed by atoms with Crippen LogP contribution in [0.5, 0.6) is 0 Å². The fourth-order valence-electron chi connectivity index (χ4n) is 2.44. The van der Waals surface area contributed by atoms with Gasteiger partial charge in [0.1, 0.15) is 0 Å². The smallest absolute Gasteiger partial charge is 0.0666 e. The van der Waals surface area contributed by atoms with E-state index >= 15 is 0 Å². The SMILES string of the molecule is CCC1(C)CC(NCCCN(C)C(C)C)CCO1. The molecule has 1 heterocycles. The Morgan fingerprint density at radius 2 is 2.17 bits per heavy atom. The molecule has 0 bridgehead atoms. The van der Waals surface area contributed by atoms with Crippen LogP contribution in [-0.2, 0) is 4.74 Å². The molecule has 0 aromatic rings. The molecule has 108 valence electrons. The second-order valence-corrected chi connectivity index (χ2v) is 6.22. The van der Waals surface area contributed by atoms with Gasteiger partial charge in [-0.2, -0.15) is 0 Å². The highest BCUT2D eigenvalue weighted by molar-refractivity contribution is 4.85. The van der Waals surface area contributed by atoms with Gasteiger partial charge in [-0.15, -0.1) is 0 Å². The Labute approximate surface area is 113 Å². The van der Waals surface area contributed by atoms with Crippen LogP contribution < -0.4 is 5.32 Å². The van der Waals surface area contributed by atoms with Gasteiger partial charge in [-0.1, -0.05) is 6.92 Å². The predicted molar refractivity (Wildman–Crippen MR) is 78.1 cm³/mol. The highest BCUT2D eigenvalue weighted by Gasteiger charge is 2.31. The van der Waals surface area contributed by atoms with Crippen molar-refractivity contribution in [2.75, 3.05) is 26.7 Å². The van der Waals surface area contributed by atoms with Crippen molar-refractivity contribution in [1.82, 2.24) is 10.2 Å². The van der Waals surface area contributed by atoms with Crippen molar-refractivity contribution < 1.29 is 4.74 Å². The van der Waals surface area contributed by atoms with E-state index < -0.39 is 0 Å². The van der Waals surface area contributed by atoms with E-state index in [1.165, 1.54) is 13.0 Å². The summed E-state index contributed by atoms with van der Waals surface area (Å²) in [6, 6.07) is 1.30. The molecule has 0 saturated carbocycles. The summed E-state index contributed by atoms with van der Waals surface area (Å²) in [4.78, 5) is 2.40. The lowest BCUT2D eigenvalue weighted by atomic mass is 9.90. The topological polar surface area (TPSA) is 24.5 Å². The summed E-state index contributed by atoms with van der Waals surface area (Å²) in [7, 11) is 2.20. The van der Waals surface area contributed by atoms with E-state index in [0.29, 0.717) is 12.1 Å². The van der Waals surface area contributed by atoms with Gasteiger partial charge in [-0.25, -0.2) is 0 Å². The van der Waals surface area contributed by atoms with Gasteiger partial charge in [0.2, 0.25) is 0 Å². The van der Waals surface area contributed by atoms with Crippen molar-refractivity contribution in [1.29, 1.82) is 0 Å². The third-order valence-electron chi connectivity index (χ3n) is 4.35. The minimum atomic E-state index is 0.102. The van der Waals surface area contributed by atoms with Gasteiger partial charge >= 0.3 is 0 Å². The predicted octanol–water partition coefficient (Wildman–Crippen LogP) is 2.65. The maximum absolute atomic E-state index is 5.87. The largest absolute Gasteiger partial charge is 0.375 e. The summed E-state index contributed by atoms with van der Waals surface area (Å²) in [5.74, 6) is 0. The molecule has 1 fully saturated rings. The van der Waals surface area contributed by atoms with Gasteiger partial charge in [-0.05, 0) is 66.6 Å². The maximum atomic E-state index is 5.87. The van der Waals surface area contributed by atoms with E-state index in [0.717, 1.165) is 32.4 Å². The Balaban J connectivity index is 2.16. The number of rotatable bonds is 7. The maximum Gasteiger partial charge on any atom is 0.0666 e. The van der Waals surface area contributed by atoms with Crippen LogP contribution in [0.15, 0.2) is 0 Å². The van der Waals surface area contributed by atoms with E-state index in [4.69, 9.17) is 4.74 Å². The van der Waals surface area contributed by atoms with Gasteiger partial charge in [0, 0.05) is 18.7 Å². The lowest BCUT2D eigenvalue weighted by molar-refractivity contribution is -0.0778. The van der Waals surface area contributed by atoms with Gasteiger partial charge in [-0.3, -0.25) is 0 Å². The number of nitrogens with one attached hydrogen (secondary N) is 1. The van der Waals surface area contributed by atoms with E-state index in [2.05, 4.69) is 45.0 Å². The van der Waals surface area contributed by atoms with Crippen LogP contribution in [0.1, 0.15) is 53.4 Å². The van der Waals surface area contributed by atoms with Crippen LogP contribution in [0.2, 0.25) is 0 Å². The third kappa shape index (κ3) is 5.25. The number of hydrogen-bond acceptors (Lipinski definition) is 3. The Bertz CT molecular complexity index is 233. The molecule has 2 unspecified atom stereocenters. The average molecular weight is 256 g/mol. The van der Waals surface area contributed by atoms with Crippen molar-refractivity contribution in [3.63, 3.8) is 0 Å². The van der Waals surface area contributed by atoms with Crippen molar-refractivity contribution in [3.8, 4) is 0 Å². The van der Waals surface area contributed by atoms with Crippen molar-refractivity contribution in [2.45, 2.75) is 71.1 Å². The molecule has 1 N–H and O–H groups in total. The quantitative estimate of drug-likeness (QED) is 0.709. The molecule has 1 aliphatic rings.